The van der Waals surface area contributed by atoms with Crippen molar-refractivity contribution in [1.29, 1.82) is 0 Å². The first kappa shape index (κ1) is 13.9. The van der Waals surface area contributed by atoms with Crippen molar-refractivity contribution in [1.82, 2.24) is 15.5 Å². The van der Waals surface area contributed by atoms with E-state index in [1.165, 1.54) is 12.1 Å². The van der Waals surface area contributed by atoms with Gasteiger partial charge in [0, 0.05) is 12.1 Å². The molecule has 3 rings (SSSR count). The number of benzene rings is 1. The lowest BCUT2D eigenvalue weighted by molar-refractivity contribution is 0.221. The zero-order valence-electron chi connectivity index (χ0n) is 12.0. The number of aromatic nitrogens is 2. The predicted molar refractivity (Wildman–Crippen MR) is 77.1 cm³/mol. The van der Waals surface area contributed by atoms with E-state index in [-0.39, 0.29) is 16.9 Å². The zero-order chi connectivity index (χ0) is 14.9. The number of nitrogens with one attached hydrogen (secondary N) is 1. The second kappa shape index (κ2) is 5.37. The zero-order valence-corrected chi connectivity index (χ0v) is 12.0. The van der Waals surface area contributed by atoms with Gasteiger partial charge in [0.25, 0.3) is 0 Å². The molecule has 0 amide bonds. The first-order valence-corrected chi connectivity index (χ1v) is 7.22. The van der Waals surface area contributed by atoms with E-state index in [9.17, 15) is 10.2 Å². The van der Waals surface area contributed by atoms with Gasteiger partial charge in [-0.05, 0) is 44.0 Å². The Hall–Kier alpha value is -2.08. The highest BCUT2D eigenvalue weighted by molar-refractivity contribution is 5.60. The van der Waals surface area contributed by atoms with E-state index < -0.39 is 0 Å². The lowest BCUT2D eigenvalue weighted by Gasteiger charge is -2.33. The molecule has 1 saturated heterocycles. The lowest BCUT2D eigenvalue weighted by Crippen LogP contribution is -2.43. The summed E-state index contributed by atoms with van der Waals surface area (Å²) in [6, 6.07) is 4.50. The largest absolute Gasteiger partial charge is 0.504 e. The summed E-state index contributed by atoms with van der Waals surface area (Å²) in [5.41, 5.74) is 0.512. The number of hydrogen-bond acceptors (Lipinski definition) is 6. The molecule has 21 heavy (non-hydrogen) atoms. The third-order valence-electron chi connectivity index (χ3n) is 4.26. The Morgan fingerprint density at radius 1 is 1.33 bits per heavy atom. The molecule has 6 heteroatoms. The van der Waals surface area contributed by atoms with Crippen molar-refractivity contribution < 1.29 is 14.7 Å². The van der Waals surface area contributed by atoms with Gasteiger partial charge in [0.1, 0.15) is 0 Å². The Balaban J connectivity index is 1.93. The monoisotopic (exact) mass is 289 g/mol. The van der Waals surface area contributed by atoms with Gasteiger partial charge in [-0.1, -0.05) is 12.1 Å². The summed E-state index contributed by atoms with van der Waals surface area (Å²) >= 11 is 0. The predicted octanol–water partition coefficient (Wildman–Crippen LogP) is 2.18. The van der Waals surface area contributed by atoms with E-state index in [1.54, 1.807) is 6.07 Å². The van der Waals surface area contributed by atoms with Crippen LogP contribution in [0.25, 0.3) is 11.4 Å². The highest BCUT2D eigenvalue weighted by atomic mass is 16.5. The number of hydrogen-bond donors (Lipinski definition) is 3. The maximum absolute atomic E-state index is 9.57. The van der Waals surface area contributed by atoms with Crippen LogP contribution in [0.5, 0.6) is 11.5 Å². The highest BCUT2D eigenvalue weighted by Gasteiger charge is 2.37. The van der Waals surface area contributed by atoms with Crippen LogP contribution in [0, 0.1) is 0 Å². The van der Waals surface area contributed by atoms with Crippen molar-refractivity contribution >= 4 is 0 Å². The van der Waals surface area contributed by atoms with E-state index in [0.29, 0.717) is 17.3 Å². The topological polar surface area (TPSA) is 91.4 Å². The molecule has 0 radical (unpaired) electrons. The normalized spacial score (nSPS) is 22.3. The molecule has 1 fully saturated rings. The van der Waals surface area contributed by atoms with Crippen molar-refractivity contribution in [2.45, 2.75) is 31.6 Å². The molecule has 1 aliphatic heterocycles. The summed E-state index contributed by atoms with van der Waals surface area (Å²) in [7, 11) is 0. The van der Waals surface area contributed by atoms with Crippen LogP contribution in [0.2, 0.25) is 0 Å². The maximum Gasteiger partial charge on any atom is 0.234 e. The number of piperidine rings is 1. The van der Waals surface area contributed by atoms with Crippen LogP contribution in [0.1, 0.15) is 32.1 Å². The molecular formula is C15H19N3O3. The minimum Gasteiger partial charge on any atom is -0.504 e. The van der Waals surface area contributed by atoms with Crippen molar-refractivity contribution in [3.8, 4) is 22.9 Å². The van der Waals surface area contributed by atoms with Gasteiger partial charge in [0.15, 0.2) is 11.5 Å². The fraction of sp³-hybridized carbons (Fsp3) is 0.467. The Morgan fingerprint density at radius 2 is 2.19 bits per heavy atom. The average Bonchev–Trinajstić information content (AvgIpc) is 3.01. The van der Waals surface area contributed by atoms with Crippen molar-refractivity contribution in [3.05, 3.63) is 24.1 Å². The van der Waals surface area contributed by atoms with E-state index in [0.717, 1.165) is 32.4 Å². The SMILES string of the molecule is CCC1(c2nc(-c3ccc(O)c(O)c3)no2)CCCNC1. The molecule has 0 spiro atoms. The summed E-state index contributed by atoms with van der Waals surface area (Å²) < 4.78 is 5.48. The summed E-state index contributed by atoms with van der Waals surface area (Å²) in [5.74, 6) is 0.714. The van der Waals surface area contributed by atoms with Crippen molar-refractivity contribution in [2.24, 2.45) is 0 Å². The van der Waals surface area contributed by atoms with E-state index in [1.807, 2.05) is 0 Å². The summed E-state index contributed by atoms with van der Waals surface area (Å²) in [5, 5.41) is 26.3. The minimum atomic E-state index is -0.191. The van der Waals surface area contributed by atoms with Crippen molar-refractivity contribution in [2.75, 3.05) is 13.1 Å². The fourth-order valence-corrected chi connectivity index (χ4v) is 2.82. The molecule has 1 unspecified atom stereocenters. The van der Waals surface area contributed by atoms with E-state index >= 15 is 0 Å². The molecule has 3 N–H and O–H groups in total. The van der Waals surface area contributed by atoms with Gasteiger partial charge >= 0.3 is 0 Å². The number of nitrogens with zero attached hydrogens (tertiary/aromatic N) is 2. The van der Waals surface area contributed by atoms with E-state index in [4.69, 9.17) is 4.52 Å². The minimum absolute atomic E-state index is 0.109. The number of phenols is 2. The molecule has 6 nitrogen and oxygen atoms in total. The molecule has 112 valence electrons. The molecule has 1 aromatic carbocycles. The quantitative estimate of drug-likeness (QED) is 0.750. The smallest absolute Gasteiger partial charge is 0.234 e. The van der Waals surface area contributed by atoms with Gasteiger partial charge in [-0.2, -0.15) is 4.98 Å². The number of rotatable bonds is 3. The lowest BCUT2D eigenvalue weighted by atomic mass is 9.78. The van der Waals surface area contributed by atoms with Crippen LogP contribution in [0.4, 0.5) is 0 Å². The molecule has 1 aromatic heterocycles. The van der Waals surface area contributed by atoms with Gasteiger partial charge in [0.2, 0.25) is 11.7 Å². The second-order valence-corrected chi connectivity index (χ2v) is 5.54. The van der Waals surface area contributed by atoms with Crippen molar-refractivity contribution in [3.63, 3.8) is 0 Å². The van der Waals surface area contributed by atoms with E-state index in [2.05, 4.69) is 22.4 Å². The summed E-state index contributed by atoms with van der Waals surface area (Å²) in [4.78, 5) is 4.51. The van der Waals surface area contributed by atoms with Gasteiger partial charge in [-0.3, -0.25) is 0 Å². The van der Waals surface area contributed by atoms with Crippen LogP contribution in [-0.4, -0.2) is 33.4 Å². The Kier molecular flexibility index (Phi) is 3.55. The third kappa shape index (κ3) is 2.47. The summed E-state index contributed by atoms with van der Waals surface area (Å²) in [6.07, 6.45) is 3.05. The van der Waals surface area contributed by atoms with Crippen LogP contribution >= 0.6 is 0 Å². The van der Waals surface area contributed by atoms with Gasteiger partial charge in [0.05, 0.1) is 5.41 Å². The molecule has 0 saturated carbocycles. The van der Waals surface area contributed by atoms with Crippen LogP contribution in [0.3, 0.4) is 0 Å². The standard InChI is InChI=1S/C15H19N3O3/c1-2-15(6-3-7-16-9-15)14-17-13(18-21-14)10-4-5-11(19)12(20)8-10/h4-5,8,16,19-20H,2-3,6-7,9H2,1H3. The molecule has 2 heterocycles. The van der Waals surface area contributed by atoms with Gasteiger partial charge in [-0.15, -0.1) is 0 Å². The molecule has 0 aliphatic carbocycles. The molecule has 1 atom stereocenters. The van der Waals surface area contributed by atoms with Crippen LogP contribution in [-0.2, 0) is 5.41 Å². The Bertz CT molecular complexity index is 633. The molecule has 0 bridgehead atoms. The molecule has 1 aliphatic rings. The van der Waals surface area contributed by atoms with Crippen LogP contribution < -0.4 is 5.32 Å². The number of phenolic OH excluding ortho intramolecular Hbond substituents is 2. The van der Waals surface area contributed by atoms with Gasteiger partial charge < -0.3 is 20.1 Å². The highest BCUT2D eigenvalue weighted by Crippen LogP contribution is 2.35. The first-order chi connectivity index (χ1) is 10.1. The first-order valence-electron chi connectivity index (χ1n) is 7.22. The third-order valence-corrected chi connectivity index (χ3v) is 4.26. The summed E-state index contributed by atoms with van der Waals surface area (Å²) in [6.45, 7) is 3.99. The molecule has 2 aromatic rings. The number of aromatic hydroxyl groups is 2. The average molecular weight is 289 g/mol. The Morgan fingerprint density at radius 3 is 2.86 bits per heavy atom. The maximum atomic E-state index is 9.57. The fourth-order valence-electron chi connectivity index (χ4n) is 2.82. The van der Waals surface area contributed by atoms with Gasteiger partial charge in [-0.25, -0.2) is 0 Å². The Labute approximate surface area is 122 Å². The second-order valence-electron chi connectivity index (χ2n) is 5.54. The van der Waals surface area contributed by atoms with Crippen LogP contribution in [0.15, 0.2) is 22.7 Å². The molecular weight excluding hydrogens is 270 g/mol.